The fourth-order valence-electron chi connectivity index (χ4n) is 4.79. The van der Waals surface area contributed by atoms with Crippen LogP contribution in [0.15, 0.2) is 66.5 Å². The summed E-state index contributed by atoms with van der Waals surface area (Å²) in [7, 11) is 2.17. The maximum atomic E-state index is 12.8. The number of aromatic nitrogens is 1. The van der Waals surface area contributed by atoms with Gasteiger partial charge in [-0.15, -0.1) is 0 Å². The minimum atomic E-state index is -0.394. The number of fused-ring (bicyclic) bond motifs is 1. The van der Waals surface area contributed by atoms with Gasteiger partial charge in [0.25, 0.3) is 11.8 Å². The molecule has 0 spiro atoms. The van der Waals surface area contributed by atoms with Crippen molar-refractivity contribution in [3.63, 3.8) is 0 Å². The number of nitrogens with one attached hydrogen (secondary N) is 2. The van der Waals surface area contributed by atoms with Crippen molar-refractivity contribution in [3.05, 3.63) is 72.1 Å². The maximum Gasteiger partial charge on any atom is 0.275 e. The van der Waals surface area contributed by atoms with E-state index in [4.69, 9.17) is 0 Å². The molecule has 2 aliphatic rings. The van der Waals surface area contributed by atoms with Gasteiger partial charge in [0.2, 0.25) is 0 Å². The van der Waals surface area contributed by atoms with E-state index in [1.54, 1.807) is 0 Å². The highest BCUT2D eigenvalue weighted by atomic mass is 16.2. The molecule has 2 N–H and O–H groups in total. The molecular weight excluding hydrogens is 388 g/mol. The van der Waals surface area contributed by atoms with Gasteiger partial charge in [-0.05, 0) is 50.6 Å². The largest absolute Gasteiger partial charge is 0.350 e. The van der Waals surface area contributed by atoms with Crippen LogP contribution in [0.25, 0.3) is 16.5 Å². The molecule has 2 aromatic carbocycles. The zero-order valence-corrected chi connectivity index (χ0v) is 17.6. The molecule has 1 fully saturated rings. The lowest BCUT2D eigenvalue weighted by Gasteiger charge is -2.30. The fraction of sp³-hybridized carbons (Fsp3) is 0.280. The van der Waals surface area contributed by atoms with Crippen molar-refractivity contribution in [2.24, 2.45) is 5.92 Å². The minimum absolute atomic E-state index is 0.302. The first-order valence-electron chi connectivity index (χ1n) is 10.8. The van der Waals surface area contributed by atoms with Crippen LogP contribution in [0.1, 0.15) is 18.4 Å². The molecule has 1 aromatic heterocycles. The van der Waals surface area contributed by atoms with Crippen LogP contribution in [-0.2, 0) is 16.1 Å². The van der Waals surface area contributed by atoms with Gasteiger partial charge in [-0.25, -0.2) is 0 Å². The quantitative estimate of drug-likeness (QED) is 0.628. The molecule has 0 aliphatic carbocycles. The number of imide groups is 1. The van der Waals surface area contributed by atoms with Crippen molar-refractivity contribution in [1.29, 1.82) is 0 Å². The average molecular weight is 415 g/mol. The Labute approximate surface area is 181 Å². The molecule has 3 heterocycles. The molecule has 6 nitrogen and oxygen atoms in total. The molecule has 0 radical (unpaired) electrons. The lowest BCUT2D eigenvalue weighted by molar-refractivity contribution is -0.123. The number of amides is 2. The number of carbonyl (C=O) groups excluding carboxylic acids is 2. The molecule has 158 valence electrons. The van der Waals surface area contributed by atoms with Crippen molar-refractivity contribution in [1.82, 2.24) is 14.8 Å². The third kappa shape index (κ3) is 3.75. The van der Waals surface area contributed by atoms with E-state index in [2.05, 4.69) is 33.2 Å². The summed E-state index contributed by atoms with van der Waals surface area (Å²) in [6, 6.07) is 17.6. The number of para-hydroxylation sites is 2. The number of piperidine rings is 1. The summed E-state index contributed by atoms with van der Waals surface area (Å²) in [4.78, 5) is 27.8. The van der Waals surface area contributed by atoms with Crippen LogP contribution < -0.4 is 10.6 Å². The van der Waals surface area contributed by atoms with E-state index < -0.39 is 5.91 Å². The Morgan fingerprint density at radius 2 is 1.81 bits per heavy atom. The predicted molar refractivity (Wildman–Crippen MR) is 122 cm³/mol. The molecule has 31 heavy (non-hydrogen) atoms. The van der Waals surface area contributed by atoms with E-state index in [1.807, 2.05) is 54.7 Å². The normalized spacial score (nSPS) is 19.8. The topological polar surface area (TPSA) is 66.4 Å². The maximum absolute atomic E-state index is 12.8. The highest BCUT2D eigenvalue weighted by Crippen LogP contribution is 2.33. The average Bonchev–Trinajstić information content (AvgIpc) is 3.25. The van der Waals surface area contributed by atoms with Gasteiger partial charge in [-0.3, -0.25) is 14.9 Å². The Morgan fingerprint density at radius 3 is 2.61 bits per heavy atom. The van der Waals surface area contributed by atoms with E-state index in [0.717, 1.165) is 41.8 Å². The first-order chi connectivity index (χ1) is 15.1. The van der Waals surface area contributed by atoms with E-state index in [0.29, 0.717) is 17.2 Å². The van der Waals surface area contributed by atoms with E-state index in [-0.39, 0.29) is 5.91 Å². The van der Waals surface area contributed by atoms with Crippen LogP contribution in [0.3, 0.4) is 0 Å². The van der Waals surface area contributed by atoms with Gasteiger partial charge < -0.3 is 14.8 Å². The molecular formula is C25H26N4O2. The molecule has 3 aromatic rings. The van der Waals surface area contributed by atoms with Crippen LogP contribution in [0, 0.1) is 5.92 Å². The fourth-order valence-corrected chi connectivity index (χ4v) is 4.79. The van der Waals surface area contributed by atoms with Crippen LogP contribution in [0.5, 0.6) is 0 Å². The van der Waals surface area contributed by atoms with Crippen LogP contribution in [-0.4, -0.2) is 41.4 Å². The van der Waals surface area contributed by atoms with Crippen LogP contribution >= 0.6 is 0 Å². The number of rotatable bonds is 5. The molecule has 1 saturated heterocycles. The van der Waals surface area contributed by atoms with Gasteiger partial charge in [0, 0.05) is 41.4 Å². The molecule has 2 amide bonds. The molecule has 1 atom stereocenters. The zero-order valence-electron chi connectivity index (χ0n) is 17.6. The van der Waals surface area contributed by atoms with Gasteiger partial charge in [0.1, 0.15) is 5.70 Å². The van der Waals surface area contributed by atoms with Crippen molar-refractivity contribution in [3.8, 4) is 0 Å². The Morgan fingerprint density at radius 1 is 1.03 bits per heavy atom. The SMILES string of the molecule is CN1CCCC(Cn2cc(C3=C(Nc4ccccc4)C(=O)NC3=O)c3ccccc32)C1. The summed E-state index contributed by atoms with van der Waals surface area (Å²) in [5.74, 6) is -0.185. The third-order valence-electron chi connectivity index (χ3n) is 6.21. The van der Waals surface area contributed by atoms with Gasteiger partial charge in [0.15, 0.2) is 0 Å². The Bertz CT molecular complexity index is 1180. The molecule has 0 saturated carbocycles. The summed E-state index contributed by atoms with van der Waals surface area (Å²) < 4.78 is 2.25. The number of hydrogen-bond acceptors (Lipinski definition) is 4. The minimum Gasteiger partial charge on any atom is -0.350 e. The third-order valence-corrected chi connectivity index (χ3v) is 6.21. The first-order valence-corrected chi connectivity index (χ1v) is 10.8. The molecule has 0 bridgehead atoms. The molecule has 1 unspecified atom stereocenters. The lowest BCUT2D eigenvalue weighted by atomic mass is 9.98. The highest BCUT2D eigenvalue weighted by molar-refractivity contribution is 6.38. The van der Waals surface area contributed by atoms with Crippen molar-refractivity contribution in [2.75, 3.05) is 25.5 Å². The Hall–Kier alpha value is -3.38. The van der Waals surface area contributed by atoms with Crippen molar-refractivity contribution in [2.45, 2.75) is 19.4 Å². The van der Waals surface area contributed by atoms with E-state index in [9.17, 15) is 9.59 Å². The van der Waals surface area contributed by atoms with E-state index in [1.165, 1.54) is 12.8 Å². The van der Waals surface area contributed by atoms with Crippen LogP contribution in [0.4, 0.5) is 5.69 Å². The van der Waals surface area contributed by atoms with Crippen LogP contribution in [0.2, 0.25) is 0 Å². The monoisotopic (exact) mass is 414 g/mol. The molecule has 6 heteroatoms. The van der Waals surface area contributed by atoms with E-state index >= 15 is 0 Å². The van der Waals surface area contributed by atoms with Gasteiger partial charge in [0.05, 0.1) is 5.57 Å². The number of nitrogens with zero attached hydrogens (tertiary/aromatic N) is 2. The number of anilines is 1. The van der Waals surface area contributed by atoms with Gasteiger partial charge in [-0.1, -0.05) is 36.4 Å². The lowest BCUT2D eigenvalue weighted by Crippen LogP contribution is -2.33. The smallest absolute Gasteiger partial charge is 0.275 e. The first kappa shape index (κ1) is 19.6. The molecule has 2 aliphatic heterocycles. The Kier molecular flexibility index (Phi) is 5.08. The van der Waals surface area contributed by atoms with Crippen molar-refractivity contribution >= 4 is 34.0 Å². The summed E-state index contributed by atoms with van der Waals surface area (Å²) in [5.41, 5.74) is 3.36. The standard InChI is InChI=1S/C25H26N4O2/c1-28-13-7-8-17(14-28)15-29-16-20(19-11-5-6-12-21(19)29)22-23(25(31)27-24(22)30)26-18-9-3-2-4-10-18/h2-6,9-12,16-17H,7-8,13-15H2,1H3,(H2,26,27,30,31). The second-order valence-electron chi connectivity index (χ2n) is 8.51. The zero-order chi connectivity index (χ0) is 21.4. The second-order valence-corrected chi connectivity index (χ2v) is 8.51. The summed E-state index contributed by atoms with van der Waals surface area (Å²) in [5, 5.41) is 6.61. The summed E-state index contributed by atoms with van der Waals surface area (Å²) in [6.45, 7) is 3.12. The summed E-state index contributed by atoms with van der Waals surface area (Å²) >= 11 is 0. The Balaban J connectivity index is 1.58. The number of likely N-dealkylation sites (tertiary alicyclic amines) is 1. The molecule has 5 rings (SSSR count). The van der Waals surface area contributed by atoms with Gasteiger partial charge in [-0.2, -0.15) is 0 Å². The van der Waals surface area contributed by atoms with Crippen molar-refractivity contribution < 1.29 is 9.59 Å². The predicted octanol–water partition coefficient (Wildman–Crippen LogP) is 3.46. The van der Waals surface area contributed by atoms with Gasteiger partial charge >= 0.3 is 0 Å². The number of hydrogen-bond donors (Lipinski definition) is 2. The second kappa shape index (κ2) is 8.04. The summed E-state index contributed by atoms with van der Waals surface area (Å²) in [6.07, 6.45) is 4.45. The number of benzene rings is 2. The highest BCUT2D eigenvalue weighted by Gasteiger charge is 2.33. The number of carbonyl (C=O) groups is 2.